The highest BCUT2D eigenvalue weighted by Crippen LogP contribution is 2.42. The number of rotatable bonds is 1. The Morgan fingerprint density at radius 1 is 1.33 bits per heavy atom. The molecule has 1 aliphatic rings. The summed E-state index contributed by atoms with van der Waals surface area (Å²) in [5, 5.41) is 1.93. The molecule has 1 unspecified atom stereocenters. The molecule has 106 valence electrons. The smallest absolute Gasteiger partial charge is 0.151 e. The largest absolute Gasteiger partial charge is 0.308 e. The van der Waals surface area contributed by atoms with Crippen LogP contribution in [0.4, 0.5) is 4.39 Å². The predicted molar refractivity (Wildman–Crippen MR) is 83.1 cm³/mol. The molecule has 4 heterocycles. The lowest BCUT2D eigenvalue weighted by Crippen LogP contribution is -2.31. The summed E-state index contributed by atoms with van der Waals surface area (Å²) in [5.74, 6) is 0. The van der Waals surface area contributed by atoms with Crippen LogP contribution in [0.2, 0.25) is 0 Å². The molecule has 0 radical (unpaired) electrons. The number of thiophene rings is 1. The van der Waals surface area contributed by atoms with Crippen molar-refractivity contribution < 1.29 is 4.39 Å². The molecular formula is C16H14FN3S. The maximum atomic E-state index is 14.6. The van der Waals surface area contributed by atoms with Crippen molar-refractivity contribution in [3.05, 3.63) is 58.2 Å². The first kappa shape index (κ1) is 12.7. The van der Waals surface area contributed by atoms with E-state index in [1.807, 2.05) is 60.4 Å². The number of aromatic nitrogens is 2. The Bertz CT molecular complexity index is 859. The molecule has 0 spiro atoms. The third-order valence-corrected chi connectivity index (χ3v) is 4.78. The predicted octanol–water partition coefficient (Wildman–Crippen LogP) is 4.04. The van der Waals surface area contributed by atoms with Crippen LogP contribution in [0.25, 0.3) is 5.65 Å². The third kappa shape index (κ3) is 1.84. The van der Waals surface area contributed by atoms with Crippen molar-refractivity contribution in [2.24, 2.45) is 4.99 Å². The van der Waals surface area contributed by atoms with Gasteiger partial charge < -0.3 is 4.40 Å². The minimum atomic E-state index is -1.06. The Labute approximate surface area is 125 Å². The number of aliphatic imine (C=N–C) groups is 1. The molecule has 21 heavy (non-hydrogen) atoms. The van der Waals surface area contributed by atoms with Gasteiger partial charge in [0.2, 0.25) is 0 Å². The molecule has 1 atom stereocenters. The summed E-state index contributed by atoms with van der Waals surface area (Å²) >= 11 is 1.53. The molecule has 3 nitrogen and oxygen atoms in total. The van der Waals surface area contributed by atoms with Crippen molar-refractivity contribution in [3.8, 4) is 0 Å². The number of halogens is 1. The Morgan fingerprint density at radius 2 is 2.19 bits per heavy atom. The zero-order valence-electron chi connectivity index (χ0n) is 11.7. The fraction of sp³-hybridized carbons (Fsp3) is 0.250. The van der Waals surface area contributed by atoms with Crippen LogP contribution in [0.3, 0.4) is 0 Å². The highest BCUT2D eigenvalue weighted by atomic mass is 32.1. The monoisotopic (exact) mass is 299 g/mol. The lowest BCUT2D eigenvalue weighted by Gasteiger charge is -2.30. The van der Waals surface area contributed by atoms with Gasteiger partial charge in [-0.25, -0.2) is 9.37 Å². The standard InChI is InChI=1S/C16H14FN3S/c1-16(2)15(17)11-5-7-21-14(11)13(19-16)10-8-18-12-4-3-6-20(12)9-10/h3-9,15H,1-2H3. The Hall–Kier alpha value is -2.01. The van der Waals surface area contributed by atoms with E-state index in [-0.39, 0.29) is 0 Å². The van der Waals surface area contributed by atoms with Crippen molar-refractivity contribution in [1.82, 2.24) is 9.38 Å². The number of alkyl halides is 1. The average Bonchev–Trinajstić information content (AvgIpc) is 3.10. The second kappa shape index (κ2) is 4.24. The Morgan fingerprint density at radius 3 is 3.05 bits per heavy atom. The van der Waals surface area contributed by atoms with Crippen molar-refractivity contribution in [2.45, 2.75) is 25.6 Å². The number of hydrogen-bond donors (Lipinski definition) is 0. The van der Waals surface area contributed by atoms with E-state index in [0.29, 0.717) is 0 Å². The van der Waals surface area contributed by atoms with E-state index in [4.69, 9.17) is 0 Å². The van der Waals surface area contributed by atoms with Gasteiger partial charge in [0.05, 0.1) is 16.1 Å². The zero-order valence-corrected chi connectivity index (χ0v) is 12.6. The van der Waals surface area contributed by atoms with Gasteiger partial charge in [-0.3, -0.25) is 4.99 Å². The van der Waals surface area contributed by atoms with Crippen LogP contribution in [0.1, 0.15) is 36.0 Å². The van der Waals surface area contributed by atoms with E-state index in [0.717, 1.165) is 27.4 Å². The van der Waals surface area contributed by atoms with Crippen molar-refractivity contribution >= 4 is 22.7 Å². The minimum Gasteiger partial charge on any atom is -0.308 e. The summed E-state index contributed by atoms with van der Waals surface area (Å²) in [6.07, 6.45) is 4.70. The van der Waals surface area contributed by atoms with Gasteiger partial charge in [0.1, 0.15) is 5.65 Å². The molecular weight excluding hydrogens is 285 g/mol. The van der Waals surface area contributed by atoms with Gasteiger partial charge in [-0.2, -0.15) is 0 Å². The van der Waals surface area contributed by atoms with Crippen LogP contribution in [-0.4, -0.2) is 20.6 Å². The second-order valence-corrected chi connectivity index (χ2v) is 6.71. The lowest BCUT2D eigenvalue weighted by atomic mass is 9.88. The Kier molecular flexibility index (Phi) is 2.57. The second-order valence-electron chi connectivity index (χ2n) is 5.80. The van der Waals surface area contributed by atoms with E-state index in [1.165, 1.54) is 11.3 Å². The molecule has 0 aliphatic carbocycles. The van der Waals surface area contributed by atoms with E-state index >= 15 is 0 Å². The fourth-order valence-electron chi connectivity index (χ4n) is 2.73. The Balaban J connectivity index is 1.94. The van der Waals surface area contributed by atoms with Crippen LogP contribution >= 0.6 is 11.3 Å². The number of nitrogens with zero attached hydrogens (tertiary/aromatic N) is 3. The van der Waals surface area contributed by atoms with E-state index in [2.05, 4.69) is 9.98 Å². The summed E-state index contributed by atoms with van der Waals surface area (Å²) in [6, 6.07) is 5.76. The summed E-state index contributed by atoms with van der Waals surface area (Å²) < 4.78 is 16.5. The topological polar surface area (TPSA) is 29.7 Å². The van der Waals surface area contributed by atoms with Gasteiger partial charge in [0.15, 0.2) is 6.17 Å². The van der Waals surface area contributed by atoms with E-state index < -0.39 is 11.7 Å². The first-order valence-electron chi connectivity index (χ1n) is 6.81. The van der Waals surface area contributed by atoms with Gasteiger partial charge >= 0.3 is 0 Å². The molecule has 5 heteroatoms. The van der Waals surface area contributed by atoms with Crippen LogP contribution in [0, 0.1) is 0 Å². The molecule has 0 saturated heterocycles. The van der Waals surface area contributed by atoms with Gasteiger partial charge in [-0.15, -0.1) is 11.3 Å². The molecule has 0 aromatic carbocycles. The van der Waals surface area contributed by atoms with E-state index in [1.54, 1.807) is 0 Å². The molecule has 0 fully saturated rings. The lowest BCUT2D eigenvalue weighted by molar-refractivity contribution is 0.222. The SMILES string of the molecule is CC1(C)N=C(c2cnc3cccn3c2)c2sccc2C1F. The molecule has 3 aromatic heterocycles. The minimum absolute atomic E-state index is 0.739. The molecule has 0 bridgehead atoms. The maximum Gasteiger partial charge on any atom is 0.151 e. The van der Waals surface area contributed by atoms with Crippen molar-refractivity contribution in [1.29, 1.82) is 0 Å². The fourth-order valence-corrected chi connectivity index (χ4v) is 3.66. The number of fused-ring (bicyclic) bond motifs is 2. The third-order valence-electron chi connectivity index (χ3n) is 3.85. The van der Waals surface area contributed by atoms with Gasteiger partial charge in [0, 0.05) is 29.7 Å². The molecule has 0 amide bonds. The van der Waals surface area contributed by atoms with Crippen LogP contribution in [-0.2, 0) is 0 Å². The first-order valence-corrected chi connectivity index (χ1v) is 7.69. The molecule has 0 N–H and O–H groups in total. The maximum absolute atomic E-state index is 14.6. The van der Waals surface area contributed by atoms with Crippen molar-refractivity contribution in [2.75, 3.05) is 0 Å². The normalized spacial score (nSPS) is 20.3. The first-order chi connectivity index (χ1) is 10.1. The summed E-state index contributed by atoms with van der Waals surface area (Å²) in [4.78, 5) is 10.0. The average molecular weight is 299 g/mol. The van der Waals surface area contributed by atoms with Crippen LogP contribution < -0.4 is 0 Å². The molecule has 0 saturated carbocycles. The summed E-state index contributed by atoms with van der Waals surface area (Å²) in [6.45, 7) is 3.67. The summed E-state index contributed by atoms with van der Waals surface area (Å²) in [7, 11) is 0. The van der Waals surface area contributed by atoms with E-state index in [9.17, 15) is 4.39 Å². The van der Waals surface area contributed by atoms with Gasteiger partial charge in [0.25, 0.3) is 0 Å². The highest BCUT2D eigenvalue weighted by molar-refractivity contribution is 7.12. The number of hydrogen-bond acceptors (Lipinski definition) is 3. The molecule has 3 aromatic rings. The van der Waals surface area contributed by atoms with Crippen LogP contribution in [0.5, 0.6) is 0 Å². The molecule has 1 aliphatic heterocycles. The van der Waals surface area contributed by atoms with Crippen LogP contribution in [0.15, 0.2) is 47.2 Å². The molecule has 4 rings (SSSR count). The van der Waals surface area contributed by atoms with Gasteiger partial charge in [-0.05, 0) is 37.4 Å². The summed E-state index contributed by atoms with van der Waals surface area (Å²) in [5.41, 5.74) is 2.63. The van der Waals surface area contributed by atoms with Gasteiger partial charge in [-0.1, -0.05) is 0 Å². The quantitative estimate of drug-likeness (QED) is 0.667. The van der Waals surface area contributed by atoms with Crippen molar-refractivity contribution in [3.63, 3.8) is 0 Å². The zero-order chi connectivity index (χ0) is 14.6. The highest BCUT2D eigenvalue weighted by Gasteiger charge is 2.38.